The van der Waals surface area contributed by atoms with Gasteiger partial charge < -0.3 is 10.4 Å². The second-order valence-electron chi connectivity index (χ2n) is 7.57. The summed E-state index contributed by atoms with van der Waals surface area (Å²) in [5, 5.41) is 12.2. The Bertz CT molecular complexity index is 924. The van der Waals surface area contributed by atoms with Crippen molar-refractivity contribution in [1.82, 2.24) is 10.2 Å². The lowest BCUT2D eigenvalue weighted by Gasteiger charge is -2.32. The topological polar surface area (TPSA) is 52.6 Å². The Morgan fingerprint density at radius 1 is 0.875 bits per heavy atom. The number of aliphatic hydroxyl groups excluding tert-OH is 1. The van der Waals surface area contributed by atoms with Gasteiger partial charge in [-0.15, -0.1) is 0 Å². The minimum atomic E-state index is -0.614. The standard InChI is InChI=1S/C26H28F2N2O2/c27-23-13-7-14-24(28)22(23)15-16-29-25(32)19-30(17-8-18-31)26(20-9-3-1-4-10-20)21-11-5-2-6-12-21/h1-7,9-14,26,31H,8,15-19H2,(H,29,32). The number of hydrogen-bond acceptors (Lipinski definition) is 3. The van der Waals surface area contributed by atoms with Crippen molar-refractivity contribution in [2.24, 2.45) is 0 Å². The zero-order chi connectivity index (χ0) is 22.8. The number of aliphatic hydroxyl groups is 1. The number of amides is 1. The van der Waals surface area contributed by atoms with Crippen molar-refractivity contribution in [3.63, 3.8) is 0 Å². The van der Waals surface area contributed by atoms with Crippen LogP contribution < -0.4 is 5.32 Å². The van der Waals surface area contributed by atoms with E-state index in [1.807, 2.05) is 65.6 Å². The predicted molar refractivity (Wildman–Crippen MR) is 121 cm³/mol. The molecule has 0 atom stereocenters. The summed E-state index contributed by atoms with van der Waals surface area (Å²) >= 11 is 0. The largest absolute Gasteiger partial charge is 0.396 e. The summed E-state index contributed by atoms with van der Waals surface area (Å²) in [6, 6.07) is 23.3. The van der Waals surface area contributed by atoms with Gasteiger partial charge in [0.2, 0.25) is 5.91 Å². The third-order valence-corrected chi connectivity index (χ3v) is 5.30. The van der Waals surface area contributed by atoms with Crippen molar-refractivity contribution in [2.45, 2.75) is 18.9 Å². The zero-order valence-corrected chi connectivity index (χ0v) is 17.9. The van der Waals surface area contributed by atoms with E-state index in [-0.39, 0.29) is 43.6 Å². The van der Waals surface area contributed by atoms with Crippen LogP contribution in [0.5, 0.6) is 0 Å². The van der Waals surface area contributed by atoms with Crippen LogP contribution in [-0.4, -0.2) is 42.2 Å². The average molecular weight is 439 g/mol. The van der Waals surface area contributed by atoms with Crippen LogP contribution >= 0.6 is 0 Å². The molecule has 3 aromatic carbocycles. The number of halogens is 2. The number of carbonyl (C=O) groups is 1. The monoisotopic (exact) mass is 438 g/mol. The highest BCUT2D eigenvalue weighted by Crippen LogP contribution is 2.28. The molecule has 2 N–H and O–H groups in total. The van der Waals surface area contributed by atoms with E-state index < -0.39 is 11.6 Å². The van der Waals surface area contributed by atoms with Gasteiger partial charge in [-0.05, 0) is 36.1 Å². The average Bonchev–Trinajstić information content (AvgIpc) is 2.81. The second-order valence-corrected chi connectivity index (χ2v) is 7.57. The number of rotatable bonds is 11. The smallest absolute Gasteiger partial charge is 0.234 e. The van der Waals surface area contributed by atoms with E-state index >= 15 is 0 Å². The van der Waals surface area contributed by atoms with Crippen molar-refractivity contribution in [1.29, 1.82) is 0 Å². The van der Waals surface area contributed by atoms with E-state index in [9.17, 15) is 18.7 Å². The highest BCUT2D eigenvalue weighted by Gasteiger charge is 2.24. The minimum Gasteiger partial charge on any atom is -0.396 e. The fraction of sp³-hybridized carbons (Fsp3) is 0.269. The highest BCUT2D eigenvalue weighted by molar-refractivity contribution is 5.78. The fourth-order valence-electron chi connectivity index (χ4n) is 3.80. The number of nitrogens with zero attached hydrogens (tertiary/aromatic N) is 1. The molecule has 32 heavy (non-hydrogen) atoms. The molecule has 0 radical (unpaired) electrons. The van der Waals surface area contributed by atoms with Gasteiger partial charge in [-0.3, -0.25) is 9.69 Å². The second kappa shape index (κ2) is 12.1. The lowest BCUT2D eigenvalue weighted by atomic mass is 9.96. The first kappa shape index (κ1) is 23.6. The summed E-state index contributed by atoms with van der Waals surface area (Å²) < 4.78 is 27.6. The quantitative estimate of drug-likeness (QED) is 0.474. The van der Waals surface area contributed by atoms with Gasteiger partial charge in [0.15, 0.2) is 0 Å². The number of carbonyl (C=O) groups excluding carboxylic acids is 1. The first-order chi connectivity index (χ1) is 15.6. The van der Waals surface area contributed by atoms with Gasteiger partial charge in [0.05, 0.1) is 12.6 Å². The van der Waals surface area contributed by atoms with E-state index in [1.165, 1.54) is 18.2 Å². The molecule has 3 aromatic rings. The van der Waals surface area contributed by atoms with Crippen molar-refractivity contribution in [3.05, 3.63) is 107 Å². The molecule has 0 saturated heterocycles. The highest BCUT2D eigenvalue weighted by atomic mass is 19.1. The summed E-state index contributed by atoms with van der Waals surface area (Å²) in [6.07, 6.45) is 0.589. The molecule has 168 valence electrons. The van der Waals surface area contributed by atoms with Crippen LogP contribution in [0, 0.1) is 11.6 Å². The van der Waals surface area contributed by atoms with Crippen LogP contribution in [0.2, 0.25) is 0 Å². The molecule has 3 rings (SSSR count). The molecule has 0 aliphatic rings. The molecule has 1 amide bonds. The van der Waals surface area contributed by atoms with Crippen LogP contribution in [0.4, 0.5) is 8.78 Å². The Balaban J connectivity index is 1.73. The molecule has 0 aliphatic carbocycles. The summed E-state index contributed by atoms with van der Waals surface area (Å²) in [5.41, 5.74) is 2.05. The Labute approximate surface area is 187 Å². The number of benzene rings is 3. The van der Waals surface area contributed by atoms with Gasteiger partial charge in [0.1, 0.15) is 11.6 Å². The molecule has 0 heterocycles. The van der Waals surface area contributed by atoms with Gasteiger partial charge in [-0.25, -0.2) is 8.78 Å². The van der Waals surface area contributed by atoms with Gasteiger partial charge in [0.25, 0.3) is 0 Å². The minimum absolute atomic E-state index is 0.0149. The third-order valence-electron chi connectivity index (χ3n) is 5.30. The zero-order valence-electron chi connectivity index (χ0n) is 17.9. The molecular formula is C26H28F2N2O2. The maximum absolute atomic E-state index is 13.8. The lowest BCUT2D eigenvalue weighted by molar-refractivity contribution is -0.122. The third kappa shape index (κ3) is 6.45. The van der Waals surface area contributed by atoms with E-state index in [4.69, 9.17) is 0 Å². The van der Waals surface area contributed by atoms with Gasteiger partial charge in [-0.1, -0.05) is 66.7 Å². The van der Waals surface area contributed by atoms with Crippen molar-refractivity contribution >= 4 is 5.91 Å². The van der Waals surface area contributed by atoms with Crippen LogP contribution in [0.1, 0.15) is 29.2 Å². The number of hydrogen-bond donors (Lipinski definition) is 2. The van der Waals surface area contributed by atoms with Crippen LogP contribution in [-0.2, 0) is 11.2 Å². The first-order valence-corrected chi connectivity index (χ1v) is 10.7. The fourth-order valence-corrected chi connectivity index (χ4v) is 3.80. The Kier molecular flexibility index (Phi) is 8.90. The molecule has 4 nitrogen and oxygen atoms in total. The van der Waals surface area contributed by atoms with Crippen LogP contribution in [0.3, 0.4) is 0 Å². The summed E-state index contributed by atoms with van der Waals surface area (Å²) in [6.45, 7) is 0.751. The Morgan fingerprint density at radius 3 is 1.97 bits per heavy atom. The van der Waals surface area contributed by atoms with Crippen molar-refractivity contribution in [2.75, 3.05) is 26.2 Å². The van der Waals surface area contributed by atoms with Gasteiger partial charge in [0, 0.05) is 25.3 Å². The van der Waals surface area contributed by atoms with E-state index in [0.29, 0.717) is 13.0 Å². The van der Waals surface area contributed by atoms with E-state index in [2.05, 4.69) is 5.32 Å². The molecule has 0 bridgehead atoms. The molecule has 6 heteroatoms. The number of nitrogens with one attached hydrogen (secondary N) is 1. The molecule has 0 saturated carbocycles. The van der Waals surface area contributed by atoms with E-state index in [1.54, 1.807) is 0 Å². The summed E-state index contributed by atoms with van der Waals surface area (Å²) in [5.74, 6) is -1.47. The molecule has 0 aliphatic heterocycles. The Morgan fingerprint density at radius 2 is 1.44 bits per heavy atom. The first-order valence-electron chi connectivity index (χ1n) is 10.7. The SMILES string of the molecule is O=C(CN(CCCO)C(c1ccccc1)c1ccccc1)NCCc1c(F)cccc1F. The van der Waals surface area contributed by atoms with E-state index in [0.717, 1.165) is 11.1 Å². The summed E-state index contributed by atoms with van der Waals surface area (Å²) in [7, 11) is 0. The molecular weight excluding hydrogens is 410 g/mol. The molecule has 0 spiro atoms. The molecule has 0 fully saturated rings. The maximum Gasteiger partial charge on any atom is 0.234 e. The Hall–Kier alpha value is -3.09. The normalized spacial score (nSPS) is 11.2. The van der Waals surface area contributed by atoms with Crippen molar-refractivity contribution in [3.8, 4) is 0 Å². The van der Waals surface area contributed by atoms with Gasteiger partial charge in [-0.2, -0.15) is 0 Å². The van der Waals surface area contributed by atoms with Gasteiger partial charge >= 0.3 is 0 Å². The van der Waals surface area contributed by atoms with Crippen molar-refractivity contribution < 1.29 is 18.7 Å². The maximum atomic E-state index is 13.8. The lowest BCUT2D eigenvalue weighted by Crippen LogP contribution is -2.41. The predicted octanol–water partition coefficient (Wildman–Crippen LogP) is 4.10. The molecule has 0 unspecified atom stereocenters. The molecule has 0 aromatic heterocycles. The van der Waals surface area contributed by atoms with Crippen LogP contribution in [0.15, 0.2) is 78.9 Å². The van der Waals surface area contributed by atoms with Crippen LogP contribution in [0.25, 0.3) is 0 Å². The summed E-state index contributed by atoms with van der Waals surface area (Å²) in [4.78, 5) is 14.8.